The van der Waals surface area contributed by atoms with Gasteiger partial charge in [-0.25, -0.2) is 8.42 Å². The van der Waals surface area contributed by atoms with Crippen LogP contribution in [0.4, 0.5) is 0 Å². The summed E-state index contributed by atoms with van der Waals surface area (Å²) in [5, 5.41) is 0.340. The molecule has 0 spiro atoms. The molecule has 0 N–H and O–H groups in total. The first kappa shape index (κ1) is 15.6. The monoisotopic (exact) mass is 337 g/mol. The summed E-state index contributed by atoms with van der Waals surface area (Å²) in [6.07, 6.45) is 1.03. The van der Waals surface area contributed by atoms with Gasteiger partial charge in [0.05, 0.1) is 12.1 Å². The minimum atomic E-state index is -3.88. The summed E-state index contributed by atoms with van der Waals surface area (Å²) in [5.74, 6) is -0.566. The van der Waals surface area contributed by atoms with Gasteiger partial charge in [0.15, 0.2) is 0 Å². The van der Waals surface area contributed by atoms with Gasteiger partial charge in [-0.3, -0.25) is 4.79 Å². The van der Waals surface area contributed by atoms with Crippen molar-refractivity contribution in [3.05, 3.63) is 28.2 Å². The Hall–Kier alpha value is -0.820. The zero-order valence-corrected chi connectivity index (χ0v) is 13.0. The summed E-state index contributed by atoms with van der Waals surface area (Å²) >= 11 is 11.8. The molecule has 0 amide bonds. The summed E-state index contributed by atoms with van der Waals surface area (Å²) < 4.78 is 31.0. The van der Waals surface area contributed by atoms with Crippen LogP contribution in [0.5, 0.6) is 0 Å². The highest BCUT2D eigenvalue weighted by Gasteiger charge is 2.40. The van der Waals surface area contributed by atoms with Crippen LogP contribution in [0.3, 0.4) is 0 Å². The number of methoxy groups -OCH3 is 1. The predicted octanol–water partition coefficient (Wildman–Crippen LogP) is 2.32. The van der Waals surface area contributed by atoms with Crippen molar-refractivity contribution >= 4 is 39.2 Å². The van der Waals surface area contributed by atoms with Crippen LogP contribution in [0.15, 0.2) is 23.1 Å². The zero-order valence-electron chi connectivity index (χ0n) is 10.7. The maximum absolute atomic E-state index is 12.6. The fourth-order valence-electron chi connectivity index (χ4n) is 2.20. The van der Waals surface area contributed by atoms with Gasteiger partial charge in [-0.1, -0.05) is 23.2 Å². The number of esters is 1. The largest absolute Gasteiger partial charge is 0.468 e. The maximum atomic E-state index is 12.6. The lowest BCUT2D eigenvalue weighted by Gasteiger charge is -2.22. The lowest BCUT2D eigenvalue weighted by atomic mass is 10.2. The normalized spacial score (nSPS) is 20.1. The predicted molar refractivity (Wildman–Crippen MR) is 75.4 cm³/mol. The molecule has 0 aromatic heterocycles. The molecule has 2 rings (SSSR count). The molecule has 5 nitrogen and oxygen atoms in total. The summed E-state index contributed by atoms with van der Waals surface area (Å²) in [5.41, 5.74) is 0. The van der Waals surface area contributed by atoms with Crippen LogP contribution in [-0.4, -0.2) is 38.4 Å². The third-order valence-electron chi connectivity index (χ3n) is 3.16. The highest BCUT2D eigenvalue weighted by molar-refractivity contribution is 7.89. The van der Waals surface area contributed by atoms with Crippen molar-refractivity contribution in [1.82, 2.24) is 4.31 Å². The second kappa shape index (κ2) is 5.89. The van der Waals surface area contributed by atoms with E-state index in [1.807, 2.05) is 0 Å². The molecule has 1 saturated heterocycles. The maximum Gasteiger partial charge on any atom is 0.324 e. The van der Waals surface area contributed by atoms with E-state index in [0.717, 1.165) is 4.31 Å². The Morgan fingerprint density at radius 3 is 2.75 bits per heavy atom. The quantitative estimate of drug-likeness (QED) is 0.794. The van der Waals surface area contributed by atoms with Crippen molar-refractivity contribution in [3.63, 3.8) is 0 Å². The van der Waals surface area contributed by atoms with E-state index in [1.54, 1.807) is 0 Å². The second-order valence-corrected chi connectivity index (χ2v) is 7.07. The molecule has 0 bridgehead atoms. The van der Waals surface area contributed by atoms with Crippen LogP contribution in [-0.2, 0) is 19.6 Å². The first-order valence-electron chi connectivity index (χ1n) is 5.92. The Balaban J connectivity index is 2.44. The SMILES string of the molecule is COC(=O)[C@@H]1CCCN1S(=O)(=O)c1cc(Cl)ccc1Cl. The van der Waals surface area contributed by atoms with E-state index in [9.17, 15) is 13.2 Å². The molecule has 1 atom stereocenters. The van der Waals surface area contributed by atoms with E-state index in [0.29, 0.717) is 12.8 Å². The molecule has 1 aliphatic heterocycles. The number of rotatable bonds is 3. The minimum Gasteiger partial charge on any atom is -0.468 e. The second-order valence-electron chi connectivity index (χ2n) is 4.37. The van der Waals surface area contributed by atoms with Gasteiger partial charge in [0.25, 0.3) is 0 Å². The third kappa shape index (κ3) is 2.79. The zero-order chi connectivity index (χ0) is 14.9. The Morgan fingerprint density at radius 1 is 1.40 bits per heavy atom. The van der Waals surface area contributed by atoms with E-state index in [1.165, 1.54) is 25.3 Å². The molecule has 1 heterocycles. The van der Waals surface area contributed by atoms with Gasteiger partial charge in [-0.05, 0) is 31.0 Å². The molecule has 20 heavy (non-hydrogen) atoms. The average molecular weight is 338 g/mol. The molecule has 1 aliphatic rings. The van der Waals surface area contributed by atoms with Crippen molar-refractivity contribution < 1.29 is 17.9 Å². The highest BCUT2D eigenvalue weighted by Crippen LogP contribution is 2.32. The first-order valence-corrected chi connectivity index (χ1v) is 8.12. The van der Waals surface area contributed by atoms with E-state index >= 15 is 0 Å². The van der Waals surface area contributed by atoms with Crippen LogP contribution in [0, 0.1) is 0 Å². The van der Waals surface area contributed by atoms with Crippen molar-refractivity contribution in [2.24, 2.45) is 0 Å². The number of nitrogens with zero attached hydrogens (tertiary/aromatic N) is 1. The van der Waals surface area contributed by atoms with Crippen molar-refractivity contribution in [2.75, 3.05) is 13.7 Å². The van der Waals surface area contributed by atoms with Gasteiger partial charge in [0.1, 0.15) is 10.9 Å². The van der Waals surface area contributed by atoms with Crippen molar-refractivity contribution in [3.8, 4) is 0 Å². The molecule has 0 radical (unpaired) electrons. The molecular weight excluding hydrogens is 325 g/mol. The summed E-state index contributed by atoms with van der Waals surface area (Å²) in [6.45, 7) is 0.255. The number of benzene rings is 1. The van der Waals surface area contributed by atoms with Gasteiger partial charge in [-0.2, -0.15) is 4.31 Å². The molecule has 0 aliphatic carbocycles. The molecule has 1 aromatic rings. The lowest BCUT2D eigenvalue weighted by molar-refractivity contribution is -0.144. The molecule has 8 heteroatoms. The number of ether oxygens (including phenoxy) is 1. The van der Waals surface area contributed by atoms with Crippen LogP contribution >= 0.6 is 23.2 Å². The molecule has 1 aromatic carbocycles. The fourth-order valence-corrected chi connectivity index (χ4v) is 4.59. The number of sulfonamides is 1. The smallest absolute Gasteiger partial charge is 0.324 e. The Morgan fingerprint density at radius 2 is 2.10 bits per heavy atom. The molecule has 0 saturated carbocycles. The molecule has 0 unspecified atom stereocenters. The number of halogens is 2. The Labute approximate surface area is 127 Å². The van der Waals surface area contributed by atoms with Gasteiger partial charge in [0, 0.05) is 11.6 Å². The highest BCUT2D eigenvalue weighted by atomic mass is 35.5. The van der Waals surface area contributed by atoms with Gasteiger partial charge < -0.3 is 4.74 Å². The Kier molecular flexibility index (Phi) is 4.59. The number of carbonyl (C=O) groups excluding carboxylic acids is 1. The van der Waals surface area contributed by atoms with Crippen LogP contribution in [0.1, 0.15) is 12.8 Å². The van der Waals surface area contributed by atoms with Crippen LogP contribution < -0.4 is 0 Å². The fraction of sp³-hybridized carbons (Fsp3) is 0.417. The molecule has 110 valence electrons. The first-order chi connectivity index (χ1) is 9.37. The number of carbonyl (C=O) groups is 1. The summed E-state index contributed by atoms with van der Waals surface area (Å²) in [4.78, 5) is 11.6. The van der Waals surface area contributed by atoms with Crippen molar-refractivity contribution in [2.45, 2.75) is 23.8 Å². The van der Waals surface area contributed by atoms with Crippen molar-refractivity contribution in [1.29, 1.82) is 0 Å². The van der Waals surface area contributed by atoms with E-state index in [4.69, 9.17) is 23.2 Å². The van der Waals surface area contributed by atoms with Crippen LogP contribution in [0.25, 0.3) is 0 Å². The number of hydrogen-bond acceptors (Lipinski definition) is 4. The minimum absolute atomic E-state index is 0.0740. The van der Waals surface area contributed by atoms with Gasteiger partial charge in [0.2, 0.25) is 10.0 Å². The van der Waals surface area contributed by atoms with E-state index < -0.39 is 22.0 Å². The summed E-state index contributed by atoms with van der Waals surface area (Å²) in [6, 6.07) is 3.40. The lowest BCUT2D eigenvalue weighted by Crippen LogP contribution is -2.41. The third-order valence-corrected chi connectivity index (χ3v) is 5.78. The standard InChI is InChI=1S/C12H13Cl2NO4S/c1-19-12(16)10-3-2-6-15(10)20(17,18)11-7-8(13)4-5-9(11)14/h4-5,7,10H,2-3,6H2,1H3/t10-/m0/s1. The molecular formula is C12H13Cl2NO4S. The average Bonchev–Trinajstić information content (AvgIpc) is 2.90. The summed E-state index contributed by atoms with van der Waals surface area (Å²) in [7, 11) is -2.65. The molecule has 1 fully saturated rings. The topological polar surface area (TPSA) is 63.7 Å². The van der Waals surface area contributed by atoms with E-state index in [-0.39, 0.29) is 21.5 Å². The van der Waals surface area contributed by atoms with Gasteiger partial charge in [-0.15, -0.1) is 0 Å². The van der Waals surface area contributed by atoms with Gasteiger partial charge >= 0.3 is 5.97 Å². The Bertz CT molecular complexity index is 632. The van der Waals surface area contributed by atoms with Crippen LogP contribution in [0.2, 0.25) is 10.0 Å². The number of hydrogen-bond donors (Lipinski definition) is 0. The van der Waals surface area contributed by atoms with E-state index in [2.05, 4.69) is 4.74 Å².